The molecule has 0 saturated heterocycles. The van der Waals surface area contributed by atoms with E-state index in [9.17, 15) is 26.3 Å². The average Bonchev–Trinajstić information content (AvgIpc) is 2.00. The van der Waals surface area contributed by atoms with Crippen LogP contribution in [0.4, 0.5) is 26.3 Å². The number of halogens is 7. The van der Waals surface area contributed by atoms with Gasteiger partial charge in [0.1, 0.15) is 11.3 Å². The molecule has 0 fully saturated rings. The smallest absolute Gasteiger partial charge is 0.251 e. The van der Waals surface area contributed by atoms with Gasteiger partial charge in [0.2, 0.25) is 0 Å². The quantitative estimate of drug-likeness (QED) is 0.560. The Hall–Kier alpha value is -0.540. The normalized spacial score (nSPS) is 12.3. The van der Waals surface area contributed by atoms with Crippen LogP contribution < -0.4 is 0 Å². The fraction of sp³-hybridized carbons (Fsp3) is 0.286. The number of rotatable bonds is 1. The third-order valence-electron chi connectivity index (χ3n) is 1.49. The highest BCUT2D eigenvalue weighted by molar-refractivity contribution is 14.1. The first-order valence-corrected chi connectivity index (χ1v) is 4.52. The van der Waals surface area contributed by atoms with E-state index in [-0.39, 0.29) is 0 Å². The molecule has 1 aromatic heterocycles. The Morgan fingerprint density at radius 2 is 1.80 bits per heavy atom. The van der Waals surface area contributed by atoms with Gasteiger partial charge in [-0.1, -0.05) is 0 Å². The molecule has 1 rings (SSSR count). The maximum absolute atomic E-state index is 13.0. The predicted molar refractivity (Wildman–Crippen MR) is 46.9 cm³/mol. The highest BCUT2D eigenvalue weighted by Gasteiger charge is 2.39. The molecule has 1 aromatic rings. The van der Waals surface area contributed by atoms with Gasteiger partial charge in [-0.05, 0) is 22.6 Å². The van der Waals surface area contributed by atoms with Gasteiger partial charge < -0.3 is 0 Å². The summed E-state index contributed by atoms with van der Waals surface area (Å²) >= 11 is 1.18. The van der Waals surface area contributed by atoms with E-state index in [4.69, 9.17) is 0 Å². The van der Waals surface area contributed by atoms with Crippen molar-refractivity contribution in [2.24, 2.45) is 0 Å². The van der Waals surface area contributed by atoms with Gasteiger partial charge in [0.15, 0.2) is 5.82 Å². The summed E-state index contributed by atoms with van der Waals surface area (Å²) in [5.74, 6) is -2.01. The highest BCUT2D eigenvalue weighted by Crippen LogP contribution is 2.36. The van der Waals surface area contributed by atoms with E-state index in [0.717, 1.165) is 0 Å². The number of hydrogen-bond donors (Lipinski definition) is 0. The Bertz CT molecular complexity index is 374. The van der Waals surface area contributed by atoms with Crippen LogP contribution in [0, 0.1) is 9.39 Å². The zero-order chi connectivity index (χ0) is 11.8. The molecule has 1 heterocycles. The molecule has 0 aliphatic heterocycles. The summed E-state index contributed by atoms with van der Waals surface area (Å²) in [4.78, 5) is 2.92. The minimum Gasteiger partial charge on any atom is -0.251 e. The SMILES string of the molecule is Fc1c(C(F)F)ncc(I)c1C(F)(F)F. The fourth-order valence-corrected chi connectivity index (χ4v) is 1.57. The second-order valence-electron chi connectivity index (χ2n) is 2.48. The minimum atomic E-state index is -5.01. The van der Waals surface area contributed by atoms with Gasteiger partial charge >= 0.3 is 6.18 Å². The van der Waals surface area contributed by atoms with Gasteiger partial charge in [-0.25, -0.2) is 13.2 Å². The maximum Gasteiger partial charge on any atom is 0.420 e. The lowest BCUT2D eigenvalue weighted by Gasteiger charge is -2.11. The maximum atomic E-state index is 13.0. The molecule has 15 heavy (non-hydrogen) atoms. The zero-order valence-corrected chi connectivity index (χ0v) is 8.91. The Morgan fingerprint density at radius 3 is 2.20 bits per heavy atom. The first-order valence-electron chi connectivity index (χ1n) is 3.44. The van der Waals surface area contributed by atoms with Crippen molar-refractivity contribution in [3.63, 3.8) is 0 Å². The first kappa shape index (κ1) is 12.5. The molecule has 84 valence electrons. The average molecular weight is 341 g/mol. The second kappa shape index (κ2) is 4.14. The van der Waals surface area contributed by atoms with Crippen LogP contribution in [0.1, 0.15) is 17.7 Å². The number of hydrogen-bond acceptors (Lipinski definition) is 1. The second-order valence-corrected chi connectivity index (χ2v) is 3.64. The van der Waals surface area contributed by atoms with E-state index in [2.05, 4.69) is 4.98 Å². The van der Waals surface area contributed by atoms with Crippen LogP contribution in [0.3, 0.4) is 0 Å². The molecule has 0 amide bonds. The molecule has 0 aliphatic carbocycles. The summed E-state index contributed by atoms with van der Waals surface area (Å²) in [6.07, 6.45) is -7.82. The van der Waals surface area contributed by atoms with Gasteiger partial charge in [0.25, 0.3) is 6.43 Å². The van der Waals surface area contributed by atoms with Crippen LogP contribution in [-0.4, -0.2) is 4.98 Å². The summed E-state index contributed by atoms with van der Waals surface area (Å²) in [7, 11) is 0. The Balaban J connectivity index is 3.44. The lowest BCUT2D eigenvalue weighted by Crippen LogP contribution is -2.14. The number of aromatic nitrogens is 1. The van der Waals surface area contributed by atoms with Crippen LogP contribution in [0.2, 0.25) is 0 Å². The van der Waals surface area contributed by atoms with E-state index >= 15 is 0 Å². The van der Waals surface area contributed by atoms with Gasteiger partial charge in [-0.2, -0.15) is 13.2 Å². The molecule has 0 saturated carbocycles. The van der Waals surface area contributed by atoms with Crippen LogP contribution in [0.15, 0.2) is 6.20 Å². The Morgan fingerprint density at radius 1 is 1.27 bits per heavy atom. The molecule has 0 aliphatic rings. The number of alkyl halides is 5. The molecule has 1 nitrogen and oxygen atoms in total. The third kappa shape index (κ3) is 2.52. The van der Waals surface area contributed by atoms with Gasteiger partial charge in [-0.3, -0.25) is 4.98 Å². The van der Waals surface area contributed by atoms with E-state index in [1.165, 1.54) is 22.6 Å². The first-order chi connectivity index (χ1) is 6.75. The van der Waals surface area contributed by atoms with Crippen molar-refractivity contribution in [1.82, 2.24) is 4.98 Å². The van der Waals surface area contributed by atoms with E-state index < -0.39 is 33.2 Å². The van der Waals surface area contributed by atoms with Crippen molar-refractivity contribution in [3.05, 3.63) is 26.8 Å². The van der Waals surface area contributed by atoms with Crippen molar-refractivity contribution in [2.75, 3.05) is 0 Å². The summed E-state index contributed by atoms with van der Waals surface area (Å²) in [5, 5.41) is 0. The lowest BCUT2D eigenvalue weighted by molar-refractivity contribution is -0.141. The Kier molecular flexibility index (Phi) is 3.46. The monoisotopic (exact) mass is 341 g/mol. The van der Waals surface area contributed by atoms with Crippen molar-refractivity contribution >= 4 is 22.6 Å². The molecule has 0 N–H and O–H groups in total. The van der Waals surface area contributed by atoms with Crippen LogP contribution in [-0.2, 0) is 6.18 Å². The van der Waals surface area contributed by atoms with Crippen LogP contribution in [0.25, 0.3) is 0 Å². The molecule has 0 unspecified atom stereocenters. The molecule has 8 heteroatoms. The van der Waals surface area contributed by atoms with Crippen molar-refractivity contribution in [1.29, 1.82) is 0 Å². The topological polar surface area (TPSA) is 12.9 Å². The predicted octanol–water partition coefficient (Wildman–Crippen LogP) is 3.78. The van der Waals surface area contributed by atoms with Crippen molar-refractivity contribution < 1.29 is 26.3 Å². The zero-order valence-electron chi connectivity index (χ0n) is 6.75. The molecule has 0 bridgehead atoms. The summed E-state index contributed by atoms with van der Waals surface area (Å²) in [6.45, 7) is 0. The number of nitrogens with zero attached hydrogens (tertiary/aromatic N) is 1. The van der Waals surface area contributed by atoms with E-state index in [0.29, 0.717) is 6.20 Å². The van der Waals surface area contributed by atoms with Crippen molar-refractivity contribution in [2.45, 2.75) is 12.6 Å². The largest absolute Gasteiger partial charge is 0.420 e. The minimum absolute atomic E-state index is 0.554. The van der Waals surface area contributed by atoms with Gasteiger partial charge in [0, 0.05) is 9.77 Å². The summed E-state index contributed by atoms with van der Waals surface area (Å²) in [6, 6.07) is 0. The summed E-state index contributed by atoms with van der Waals surface area (Å²) < 4.78 is 73.3. The third-order valence-corrected chi connectivity index (χ3v) is 2.31. The van der Waals surface area contributed by atoms with E-state index in [1.54, 1.807) is 0 Å². The van der Waals surface area contributed by atoms with Crippen molar-refractivity contribution in [3.8, 4) is 0 Å². The molecule has 0 spiro atoms. The van der Waals surface area contributed by atoms with Gasteiger partial charge in [-0.15, -0.1) is 0 Å². The lowest BCUT2D eigenvalue weighted by atomic mass is 10.2. The summed E-state index contributed by atoms with van der Waals surface area (Å²) in [5.41, 5.74) is -3.18. The van der Waals surface area contributed by atoms with Crippen LogP contribution in [0.5, 0.6) is 0 Å². The molecular formula is C7H2F6IN. The number of pyridine rings is 1. The van der Waals surface area contributed by atoms with E-state index in [1.807, 2.05) is 0 Å². The van der Waals surface area contributed by atoms with Gasteiger partial charge in [0.05, 0.1) is 0 Å². The molecular weight excluding hydrogens is 339 g/mol. The fourth-order valence-electron chi connectivity index (χ4n) is 0.892. The van der Waals surface area contributed by atoms with Crippen LogP contribution >= 0.6 is 22.6 Å². The standard InChI is InChI=1S/C7H2F6IN/c8-4-3(7(11,12)13)2(14)1-15-5(4)6(9)10/h1,6H. The highest BCUT2D eigenvalue weighted by atomic mass is 127. The Labute approximate surface area is 93.6 Å². The molecule has 0 atom stereocenters. The molecule has 0 radical (unpaired) electrons. The molecule has 0 aromatic carbocycles.